The molecule has 0 amide bonds. The van der Waals surface area contributed by atoms with Crippen molar-refractivity contribution in [1.82, 2.24) is 19.1 Å². The summed E-state index contributed by atoms with van der Waals surface area (Å²) in [6, 6.07) is 0. The van der Waals surface area contributed by atoms with E-state index in [-0.39, 0.29) is 0 Å². The first-order chi connectivity index (χ1) is 15.3. The summed E-state index contributed by atoms with van der Waals surface area (Å²) in [5.41, 5.74) is 0.452. The van der Waals surface area contributed by atoms with Crippen molar-refractivity contribution in [1.29, 1.82) is 0 Å². The second-order valence-electron chi connectivity index (χ2n) is 6.84. The van der Waals surface area contributed by atoms with Gasteiger partial charge in [-0.1, -0.05) is 0 Å². The van der Waals surface area contributed by atoms with Crippen molar-refractivity contribution in [3.63, 3.8) is 0 Å². The summed E-state index contributed by atoms with van der Waals surface area (Å²) >= 11 is 0. The summed E-state index contributed by atoms with van der Waals surface area (Å²) in [5, 5.41) is 23.7. The SMILES string of the molecule is O=P(O)(O)OP(=O)(O)OP(=O)(O)OC[C@H]1O[C@@H](n2cnc3c2NCn2ccnc2-3)[C@H](O)[C@@H]1O. The number of aliphatic hydroxyl groups excluding tert-OH is 2. The molecule has 1 saturated heterocycles. The van der Waals surface area contributed by atoms with Crippen molar-refractivity contribution >= 4 is 29.3 Å². The number of hydrogen-bond donors (Lipinski definition) is 7. The number of phosphoric ester groups is 1. The normalized spacial score (nSPS) is 28.4. The van der Waals surface area contributed by atoms with Crippen LogP contribution in [0.4, 0.5) is 5.82 Å². The van der Waals surface area contributed by atoms with Crippen LogP contribution in [0.2, 0.25) is 0 Å². The van der Waals surface area contributed by atoms with Gasteiger partial charge in [0.2, 0.25) is 0 Å². The molecular weight excluding hydrogens is 515 g/mol. The summed E-state index contributed by atoms with van der Waals surface area (Å²) in [5.74, 6) is 0.984. The molecule has 0 bridgehead atoms. The highest BCUT2D eigenvalue weighted by atomic mass is 31.3. The number of nitrogens with one attached hydrogen (secondary N) is 1. The highest BCUT2D eigenvalue weighted by molar-refractivity contribution is 7.66. The van der Waals surface area contributed by atoms with E-state index in [9.17, 15) is 28.8 Å². The number of aromatic nitrogens is 4. The zero-order valence-electron chi connectivity index (χ0n) is 16.1. The Bertz CT molecular complexity index is 1180. The molecule has 6 atom stereocenters. The fourth-order valence-electron chi connectivity index (χ4n) is 3.27. The van der Waals surface area contributed by atoms with Gasteiger partial charge in [-0.05, 0) is 0 Å². The van der Waals surface area contributed by atoms with Gasteiger partial charge in [-0.3, -0.25) is 9.09 Å². The second-order valence-corrected chi connectivity index (χ2v) is 11.3. The summed E-state index contributed by atoms with van der Waals surface area (Å²) in [4.78, 5) is 44.2. The molecule has 0 spiro atoms. The van der Waals surface area contributed by atoms with Crippen LogP contribution >= 0.6 is 23.5 Å². The van der Waals surface area contributed by atoms with Crippen molar-refractivity contribution in [2.45, 2.75) is 31.2 Å². The number of hydrogen-bond acceptors (Lipinski definition) is 12. The first-order valence-corrected chi connectivity index (χ1v) is 13.4. The molecule has 4 rings (SSSR count). The monoisotopic (exact) mass is 533 g/mol. The third kappa shape index (κ3) is 5.28. The molecule has 18 nitrogen and oxygen atoms in total. The topological polar surface area (TPSA) is 257 Å². The molecule has 0 radical (unpaired) electrons. The molecular formula is C12H18N5O13P3. The van der Waals surface area contributed by atoms with Crippen LogP contribution in [0.15, 0.2) is 18.7 Å². The molecule has 2 unspecified atom stereocenters. The summed E-state index contributed by atoms with van der Waals surface area (Å²) in [7, 11) is -16.7. The van der Waals surface area contributed by atoms with Gasteiger partial charge < -0.3 is 44.4 Å². The number of imidazole rings is 2. The number of ether oxygens (including phenoxy) is 1. The van der Waals surface area contributed by atoms with Crippen molar-refractivity contribution in [3.8, 4) is 11.5 Å². The smallest absolute Gasteiger partial charge is 0.387 e. The van der Waals surface area contributed by atoms with Crippen molar-refractivity contribution in [3.05, 3.63) is 18.7 Å². The average molecular weight is 533 g/mol. The van der Waals surface area contributed by atoms with Crippen LogP contribution in [0.1, 0.15) is 6.23 Å². The lowest BCUT2D eigenvalue weighted by Crippen LogP contribution is -2.33. The van der Waals surface area contributed by atoms with Gasteiger partial charge in [0.1, 0.15) is 29.8 Å². The van der Waals surface area contributed by atoms with E-state index in [1.54, 1.807) is 17.0 Å². The molecule has 1 fully saturated rings. The van der Waals surface area contributed by atoms with E-state index < -0.39 is 54.6 Å². The number of aliphatic hydroxyl groups is 2. The van der Waals surface area contributed by atoms with Crippen LogP contribution in [0.25, 0.3) is 11.5 Å². The van der Waals surface area contributed by atoms with Gasteiger partial charge in [-0.15, -0.1) is 0 Å². The van der Waals surface area contributed by atoms with Gasteiger partial charge in [0.05, 0.1) is 19.6 Å². The Morgan fingerprint density at radius 2 is 1.82 bits per heavy atom. The van der Waals surface area contributed by atoms with Gasteiger partial charge in [0.15, 0.2) is 12.1 Å². The second kappa shape index (κ2) is 8.62. The first kappa shape index (κ1) is 24.6. The van der Waals surface area contributed by atoms with Crippen LogP contribution in [-0.2, 0) is 38.2 Å². The lowest BCUT2D eigenvalue weighted by atomic mass is 10.1. The first-order valence-electron chi connectivity index (χ1n) is 8.88. The molecule has 2 aliphatic rings. The summed E-state index contributed by atoms with van der Waals surface area (Å²) in [6.45, 7) is -0.581. The molecule has 2 aromatic heterocycles. The minimum atomic E-state index is -5.69. The molecule has 184 valence electrons. The molecule has 0 saturated carbocycles. The number of anilines is 1. The van der Waals surface area contributed by atoms with E-state index >= 15 is 0 Å². The Morgan fingerprint density at radius 1 is 1.09 bits per heavy atom. The van der Waals surface area contributed by atoms with Crippen molar-refractivity contribution in [2.24, 2.45) is 0 Å². The van der Waals surface area contributed by atoms with Crippen LogP contribution in [0.5, 0.6) is 0 Å². The van der Waals surface area contributed by atoms with Crippen LogP contribution < -0.4 is 5.32 Å². The highest BCUT2D eigenvalue weighted by Crippen LogP contribution is 2.66. The Labute approximate surface area is 183 Å². The number of phosphoric acid groups is 3. The zero-order valence-corrected chi connectivity index (χ0v) is 18.8. The number of rotatable bonds is 8. The van der Waals surface area contributed by atoms with Gasteiger partial charge in [0.25, 0.3) is 0 Å². The molecule has 21 heteroatoms. The summed E-state index contributed by atoms with van der Waals surface area (Å²) < 4.78 is 54.3. The van der Waals surface area contributed by atoms with Gasteiger partial charge in [-0.2, -0.15) is 8.62 Å². The Morgan fingerprint density at radius 3 is 2.52 bits per heavy atom. The molecule has 0 aliphatic carbocycles. The zero-order chi connectivity index (χ0) is 24.2. The molecule has 2 aromatic rings. The van der Waals surface area contributed by atoms with E-state index in [0.717, 1.165) is 0 Å². The predicted molar refractivity (Wildman–Crippen MR) is 103 cm³/mol. The fraction of sp³-hybridized carbons (Fsp3) is 0.500. The van der Waals surface area contributed by atoms with E-state index in [4.69, 9.17) is 19.4 Å². The lowest BCUT2D eigenvalue weighted by molar-refractivity contribution is -0.0511. The minimum Gasteiger partial charge on any atom is -0.387 e. The van der Waals surface area contributed by atoms with E-state index in [0.29, 0.717) is 24.0 Å². The third-order valence-electron chi connectivity index (χ3n) is 4.57. The van der Waals surface area contributed by atoms with Crippen LogP contribution in [0.3, 0.4) is 0 Å². The molecule has 2 aliphatic heterocycles. The fourth-order valence-corrected chi connectivity index (χ4v) is 6.30. The van der Waals surface area contributed by atoms with Crippen molar-refractivity contribution in [2.75, 3.05) is 11.9 Å². The minimum absolute atomic E-state index is 0.342. The lowest BCUT2D eigenvalue weighted by Gasteiger charge is -2.23. The maximum absolute atomic E-state index is 11.9. The third-order valence-corrected chi connectivity index (χ3v) is 8.37. The quantitative estimate of drug-likeness (QED) is 0.203. The van der Waals surface area contributed by atoms with Crippen LogP contribution in [-0.4, -0.2) is 73.8 Å². The van der Waals surface area contributed by atoms with E-state index in [2.05, 4.69) is 28.4 Å². The van der Waals surface area contributed by atoms with Gasteiger partial charge >= 0.3 is 23.5 Å². The number of nitrogens with zero attached hydrogens (tertiary/aromatic N) is 4. The average Bonchev–Trinajstić information content (AvgIpc) is 3.35. The Kier molecular flexibility index (Phi) is 6.44. The maximum Gasteiger partial charge on any atom is 0.490 e. The standard InChI is InChI=1S/C12H18N5O13P3/c18-8-6(3-27-32(23,24)30-33(25,26)29-31(20,21)22)28-12(9(8)19)17-5-14-7-10-13-1-2-16(10)4-15-11(7)17/h1-2,5-6,8-9,12,15,18-19H,3-4H2,(H,23,24)(H,25,26)(H2,20,21,22)/t6-,8-,9-,12-/m1/s1. The Balaban J connectivity index is 1.43. The van der Waals surface area contributed by atoms with E-state index in [1.165, 1.54) is 10.9 Å². The maximum atomic E-state index is 11.9. The molecule has 7 N–H and O–H groups in total. The molecule has 0 aromatic carbocycles. The van der Waals surface area contributed by atoms with Gasteiger partial charge in [-0.25, -0.2) is 23.7 Å². The van der Waals surface area contributed by atoms with Crippen LogP contribution in [0, 0.1) is 0 Å². The summed E-state index contributed by atoms with van der Waals surface area (Å²) in [6.07, 6.45) is -1.17. The largest absolute Gasteiger partial charge is 0.490 e. The Hall–Kier alpha value is -1.49. The molecule has 4 heterocycles. The van der Waals surface area contributed by atoms with Gasteiger partial charge in [0, 0.05) is 12.4 Å². The van der Waals surface area contributed by atoms with Crippen molar-refractivity contribution < 1.29 is 61.4 Å². The number of fused-ring (bicyclic) bond motifs is 3. The highest BCUT2D eigenvalue weighted by Gasteiger charge is 2.47. The molecule has 33 heavy (non-hydrogen) atoms. The van der Waals surface area contributed by atoms with E-state index in [1.807, 2.05) is 0 Å². The predicted octanol–water partition coefficient (Wildman–Crippen LogP) is -0.908.